The highest BCUT2D eigenvalue weighted by Gasteiger charge is 2.01. The SMILES string of the molecule is C=CCC(N)c1ccc(I)cc1. The van der Waals surface area contributed by atoms with E-state index in [4.69, 9.17) is 5.73 Å². The summed E-state index contributed by atoms with van der Waals surface area (Å²) >= 11 is 2.28. The Morgan fingerprint density at radius 1 is 1.42 bits per heavy atom. The number of halogens is 1. The van der Waals surface area contributed by atoms with Crippen LogP contribution in [0.15, 0.2) is 36.9 Å². The van der Waals surface area contributed by atoms with Gasteiger partial charge in [-0.15, -0.1) is 6.58 Å². The molecule has 0 aliphatic rings. The molecule has 0 fully saturated rings. The molecular weight excluding hydrogens is 261 g/mol. The normalized spacial score (nSPS) is 12.5. The van der Waals surface area contributed by atoms with E-state index in [1.54, 1.807) is 0 Å². The molecule has 2 N–H and O–H groups in total. The maximum Gasteiger partial charge on any atom is 0.0329 e. The van der Waals surface area contributed by atoms with Gasteiger partial charge in [0.2, 0.25) is 0 Å². The van der Waals surface area contributed by atoms with Gasteiger partial charge < -0.3 is 5.73 Å². The van der Waals surface area contributed by atoms with Crippen molar-refractivity contribution in [2.24, 2.45) is 5.73 Å². The fourth-order valence-electron chi connectivity index (χ4n) is 1.03. The van der Waals surface area contributed by atoms with Gasteiger partial charge in [-0.05, 0) is 46.7 Å². The van der Waals surface area contributed by atoms with Crippen LogP contribution in [-0.2, 0) is 0 Å². The third-order valence-corrected chi connectivity index (χ3v) is 2.44. The van der Waals surface area contributed by atoms with Gasteiger partial charge in [-0.1, -0.05) is 18.2 Å². The third kappa shape index (κ3) is 2.60. The van der Waals surface area contributed by atoms with E-state index in [0.29, 0.717) is 0 Å². The standard InChI is InChI=1S/C10H12IN/c1-2-3-10(12)8-4-6-9(11)7-5-8/h2,4-7,10H,1,3,12H2. The van der Waals surface area contributed by atoms with Crippen molar-refractivity contribution in [1.29, 1.82) is 0 Å². The predicted molar refractivity (Wildman–Crippen MR) is 60.9 cm³/mol. The van der Waals surface area contributed by atoms with Gasteiger partial charge in [0.25, 0.3) is 0 Å². The van der Waals surface area contributed by atoms with Crippen LogP contribution in [0.1, 0.15) is 18.0 Å². The van der Waals surface area contributed by atoms with E-state index in [-0.39, 0.29) is 6.04 Å². The molecule has 0 radical (unpaired) electrons. The lowest BCUT2D eigenvalue weighted by molar-refractivity contribution is 0.741. The molecular formula is C10H12IN. The minimum Gasteiger partial charge on any atom is -0.324 e. The average Bonchev–Trinajstić information content (AvgIpc) is 2.06. The van der Waals surface area contributed by atoms with Crippen LogP contribution in [-0.4, -0.2) is 0 Å². The Hall–Kier alpha value is -0.350. The fourth-order valence-corrected chi connectivity index (χ4v) is 1.39. The van der Waals surface area contributed by atoms with Crippen molar-refractivity contribution in [3.05, 3.63) is 46.1 Å². The van der Waals surface area contributed by atoms with Gasteiger partial charge in [0.15, 0.2) is 0 Å². The van der Waals surface area contributed by atoms with Crippen LogP contribution >= 0.6 is 22.6 Å². The molecule has 0 spiro atoms. The Bertz CT molecular complexity index is 253. The summed E-state index contributed by atoms with van der Waals surface area (Å²) in [4.78, 5) is 0. The minimum atomic E-state index is 0.0968. The summed E-state index contributed by atoms with van der Waals surface area (Å²) in [5, 5.41) is 0. The van der Waals surface area contributed by atoms with Gasteiger partial charge in [-0.3, -0.25) is 0 Å². The van der Waals surface area contributed by atoms with E-state index in [2.05, 4.69) is 53.4 Å². The molecule has 12 heavy (non-hydrogen) atoms. The lowest BCUT2D eigenvalue weighted by atomic mass is 10.1. The van der Waals surface area contributed by atoms with E-state index in [0.717, 1.165) is 6.42 Å². The lowest BCUT2D eigenvalue weighted by Crippen LogP contribution is -2.08. The van der Waals surface area contributed by atoms with Gasteiger partial charge in [0.1, 0.15) is 0 Å². The second-order valence-corrected chi connectivity index (χ2v) is 3.93. The molecule has 2 heteroatoms. The zero-order valence-electron chi connectivity index (χ0n) is 6.83. The highest BCUT2D eigenvalue weighted by Crippen LogP contribution is 2.15. The molecule has 0 aliphatic carbocycles. The molecule has 1 aromatic carbocycles. The van der Waals surface area contributed by atoms with Crippen LogP contribution in [0.5, 0.6) is 0 Å². The number of nitrogens with two attached hydrogens (primary N) is 1. The van der Waals surface area contributed by atoms with Gasteiger partial charge in [-0.25, -0.2) is 0 Å². The fraction of sp³-hybridized carbons (Fsp3) is 0.200. The Labute approximate surface area is 86.8 Å². The monoisotopic (exact) mass is 273 g/mol. The molecule has 1 aromatic rings. The van der Waals surface area contributed by atoms with E-state index in [1.165, 1.54) is 9.13 Å². The molecule has 0 aromatic heterocycles. The highest BCUT2D eigenvalue weighted by molar-refractivity contribution is 14.1. The average molecular weight is 273 g/mol. The summed E-state index contributed by atoms with van der Waals surface area (Å²) in [6, 6.07) is 8.36. The zero-order valence-corrected chi connectivity index (χ0v) is 8.99. The molecule has 1 atom stereocenters. The Kier molecular flexibility index (Phi) is 3.75. The van der Waals surface area contributed by atoms with E-state index < -0.39 is 0 Å². The van der Waals surface area contributed by atoms with Crippen LogP contribution in [0.4, 0.5) is 0 Å². The predicted octanol–water partition coefficient (Wildman–Crippen LogP) is 2.87. The number of rotatable bonds is 3. The largest absolute Gasteiger partial charge is 0.324 e. The third-order valence-electron chi connectivity index (χ3n) is 1.72. The van der Waals surface area contributed by atoms with Crippen molar-refractivity contribution in [3.8, 4) is 0 Å². The van der Waals surface area contributed by atoms with Crippen molar-refractivity contribution in [2.45, 2.75) is 12.5 Å². The first-order valence-corrected chi connectivity index (χ1v) is 4.94. The highest BCUT2D eigenvalue weighted by atomic mass is 127. The van der Waals surface area contributed by atoms with Gasteiger partial charge in [0, 0.05) is 9.61 Å². The van der Waals surface area contributed by atoms with E-state index in [9.17, 15) is 0 Å². The van der Waals surface area contributed by atoms with Crippen molar-refractivity contribution < 1.29 is 0 Å². The van der Waals surface area contributed by atoms with Crippen LogP contribution in [0, 0.1) is 3.57 Å². The molecule has 0 amide bonds. The molecule has 0 saturated heterocycles. The van der Waals surface area contributed by atoms with Crippen LogP contribution in [0.2, 0.25) is 0 Å². The Balaban J connectivity index is 2.74. The van der Waals surface area contributed by atoms with E-state index >= 15 is 0 Å². The first-order chi connectivity index (χ1) is 5.74. The van der Waals surface area contributed by atoms with Crippen molar-refractivity contribution in [3.63, 3.8) is 0 Å². The maximum absolute atomic E-state index is 5.88. The second-order valence-electron chi connectivity index (χ2n) is 2.68. The van der Waals surface area contributed by atoms with Crippen LogP contribution in [0.25, 0.3) is 0 Å². The molecule has 0 heterocycles. The first kappa shape index (κ1) is 9.74. The molecule has 1 rings (SSSR count). The van der Waals surface area contributed by atoms with E-state index in [1.807, 2.05) is 6.08 Å². The molecule has 64 valence electrons. The Morgan fingerprint density at radius 2 is 2.00 bits per heavy atom. The lowest BCUT2D eigenvalue weighted by Gasteiger charge is -2.08. The quantitative estimate of drug-likeness (QED) is 0.665. The molecule has 1 unspecified atom stereocenters. The number of hydrogen-bond acceptors (Lipinski definition) is 1. The second kappa shape index (κ2) is 4.62. The first-order valence-electron chi connectivity index (χ1n) is 3.86. The van der Waals surface area contributed by atoms with Crippen LogP contribution < -0.4 is 5.73 Å². The summed E-state index contributed by atoms with van der Waals surface area (Å²) in [5.74, 6) is 0. The van der Waals surface area contributed by atoms with Gasteiger partial charge in [-0.2, -0.15) is 0 Å². The van der Waals surface area contributed by atoms with Crippen molar-refractivity contribution >= 4 is 22.6 Å². The van der Waals surface area contributed by atoms with Gasteiger partial charge >= 0.3 is 0 Å². The maximum atomic E-state index is 5.88. The van der Waals surface area contributed by atoms with Crippen LogP contribution in [0.3, 0.4) is 0 Å². The summed E-state index contributed by atoms with van der Waals surface area (Å²) in [7, 11) is 0. The summed E-state index contributed by atoms with van der Waals surface area (Å²) < 4.78 is 1.24. The number of hydrogen-bond donors (Lipinski definition) is 1. The van der Waals surface area contributed by atoms with Crippen molar-refractivity contribution in [2.75, 3.05) is 0 Å². The minimum absolute atomic E-state index is 0.0968. The molecule has 0 aliphatic heterocycles. The molecule has 0 bridgehead atoms. The van der Waals surface area contributed by atoms with Crippen molar-refractivity contribution in [1.82, 2.24) is 0 Å². The summed E-state index contributed by atoms with van der Waals surface area (Å²) in [5.41, 5.74) is 7.06. The number of benzene rings is 1. The summed E-state index contributed by atoms with van der Waals surface area (Å²) in [6.45, 7) is 3.66. The van der Waals surface area contributed by atoms with Gasteiger partial charge in [0.05, 0.1) is 0 Å². The smallest absolute Gasteiger partial charge is 0.0329 e. The summed E-state index contributed by atoms with van der Waals surface area (Å²) in [6.07, 6.45) is 2.68. The topological polar surface area (TPSA) is 26.0 Å². The zero-order chi connectivity index (χ0) is 8.97. The molecule has 0 saturated carbocycles. The molecule has 1 nitrogen and oxygen atoms in total. The Morgan fingerprint density at radius 3 is 2.50 bits per heavy atom.